The monoisotopic (exact) mass is 244 g/mol. The van der Waals surface area contributed by atoms with Crippen LogP contribution in [0.25, 0.3) is 10.9 Å². The molecular weight excluding hydrogens is 228 g/mol. The zero-order valence-corrected chi connectivity index (χ0v) is 10.2. The molecule has 2 amide bonds. The van der Waals surface area contributed by atoms with Crippen LogP contribution in [0.5, 0.6) is 0 Å². The summed E-state index contributed by atoms with van der Waals surface area (Å²) in [6.45, 7) is 3.07. The molecule has 2 aromatic rings. The summed E-state index contributed by atoms with van der Waals surface area (Å²) in [4.78, 5) is 15.1. The van der Waals surface area contributed by atoms with E-state index in [1.54, 1.807) is 0 Å². The number of primary amides is 1. The van der Waals surface area contributed by atoms with Gasteiger partial charge in [-0.05, 0) is 24.6 Å². The Bertz CT molecular complexity index is 568. The largest absolute Gasteiger partial charge is 0.368 e. The number of nitrogens with two attached hydrogens (primary N) is 1. The van der Waals surface area contributed by atoms with E-state index < -0.39 is 6.03 Å². The lowest BCUT2D eigenvalue weighted by Gasteiger charge is -2.10. The van der Waals surface area contributed by atoms with Crippen LogP contribution in [0.3, 0.4) is 0 Å². The van der Waals surface area contributed by atoms with Crippen LogP contribution in [0, 0.1) is 6.92 Å². The van der Waals surface area contributed by atoms with E-state index in [0.717, 1.165) is 22.3 Å². The van der Waals surface area contributed by atoms with Crippen molar-refractivity contribution in [2.75, 3.05) is 18.4 Å². The fourth-order valence-electron chi connectivity index (χ4n) is 1.77. The number of carbonyl (C=O) groups excluding carboxylic acids is 1. The molecule has 0 fully saturated rings. The van der Waals surface area contributed by atoms with Crippen molar-refractivity contribution in [2.24, 2.45) is 5.73 Å². The number of anilines is 1. The lowest BCUT2D eigenvalue weighted by Crippen LogP contribution is -2.33. The molecule has 5 nitrogen and oxygen atoms in total. The van der Waals surface area contributed by atoms with Crippen LogP contribution in [0.15, 0.2) is 30.3 Å². The summed E-state index contributed by atoms with van der Waals surface area (Å²) < 4.78 is 0. The number of hydrogen-bond acceptors (Lipinski definition) is 3. The van der Waals surface area contributed by atoms with Crippen molar-refractivity contribution in [3.63, 3.8) is 0 Å². The fourth-order valence-corrected chi connectivity index (χ4v) is 1.77. The first-order valence-corrected chi connectivity index (χ1v) is 5.80. The highest BCUT2D eigenvalue weighted by molar-refractivity contribution is 5.81. The third-order valence-corrected chi connectivity index (χ3v) is 2.63. The Morgan fingerprint density at radius 3 is 2.89 bits per heavy atom. The Labute approximate surface area is 105 Å². The average molecular weight is 244 g/mol. The maximum absolute atomic E-state index is 10.5. The van der Waals surface area contributed by atoms with Gasteiger partial charge in [-0.25, -0.2) is 9.78 Å². The second-order valence-electron chi connectivity index (χ2n) is 4.06. The van der Waals surface area contributed by atoms with E-state index in [2.05, 4.69) is 21.7 Å². The highest BCUT2D eigenvalue weighted by Gasteiger charge is 2.02. The number of aromatic nitrogens is 1. The molecule has 0 aliphatic rings. The van der Waals surface area contributed by atoms with Crippen LogP contribution >= 0.6 is 0 Å². The van der Waals surface area contributed by atoms with Crippen molar-refractivity contribution < 1.29 is 4.79 Å². The molecule has 1 aromatic carbocycles. The van der Waals surface area contributed by atoms with E-state index >= 15 is 0 Å². The number of aryl methyl sites for hydroxylation is 1. The highest BCUT2D eigenvalue weighted by atomic mass is 16.2. The Morgan fingerprint density at radius 2 is 2.11 bits per heavy atom. The van der Waals surface area contributed by atoms with Crippen LogP contribution < -0.4 is 16.4 Å². The summed E-state index contributed by atoms with van der Waals surface area (Å²) in [5.74, 6) is 0.833. The number of nitrogens with one attached hydrogen (secondary N) is 2. The van der Waals surface area contributed by atoms with E-state index in [9.17, 15) is 4.79 Å². The fraction of sp³-hybridized carbons (Fsp3) is 0.231. The number of hydrogen-bond donors (Lipinski definition) is 3. The molecule has 0 atom stereocenters. The van der Waals surface area contributed by atoms with E-state index in [4.69, 9.17) is 5.73 Å². The molecule has 94 valence electrons. The van der Waals surface area contributed by atoms with Crippen molar-refractivity contribution in [2.45, 2.75) is 6.92 Å². The first-order valence-electron chi connectivity index (χ1n) is 5.80. The summed E-state index contributed by atoms with van der Waals surface area (Å²) >= 11 is 0. The molecule has 5 heteroatoms. The van der Waals surface area contributed by atoms with Crippen molar-refractivity contribution in [3.8, 4) is 0 Å². The van der Waals surface area contributed by atoms with E-state index in [1.807, 2.05) is 31.2 Å². The second kappa shape index (κ2) is 5.35. The van der Waals surface area contributed by atoms with Crippen LogP contribution in [0.2, 0.25) is 0 Å². The number of fused-ring (bicyclic) bond motifs is 1. The van der Waals surface area contributed by atoms with Gasteiger partial charge in [-0.3, -0.25) is 0 Å². The maximum atomic E-state index is 10.5. The summed E-state index contributed by atoms with van der Waals surface area (Å²) in [5.41, 5.74) is 7.01. The summed E-state index contributed by atoms with van der Waals surface area (Å²) in [6, 6.07) is 9.54. The van der Waals surface area contributed by atoms with Crippen molar-refractivity contribution in [1.82, 2.24) is 10.3 Å². The summed E-state index contributed by atoms with van der Waals surface area (Å²) in [6.07, 6.45) is 0. The number of rotatable bonds is 4. The zero-order valence-electron chi connectivity index (χ0n) is 10.2. The smallest absolute Gasteiger partial charge is 0.312 e. The summed E-state index contributed by atoms with van der Waals surface area (Å²) in [7, 11) is 0. The first-order chi connectivity index (χ1) is 8.66. The number of carbonyl (C=O) groups is 1. The molecule has 0 aliphatic heterocycles. The van der Waals surface area contributed by atoms with Gasteiger partial charge in [0.2, 0.25) is 0 Å². The Morgan fingerprint density at radius 1 is 1.33 bits per heavy atom. The average Bonchev–Trinajstić information content (AvgIpc) is 2.34. The molecule has 0 bridgehead atoms. The SMILES string of the molecule is Cc1cc2ccccc2nc1NCCNC(N)=O. The van der Waals surface area contributed by atoms with Gasteiger partial charge in [0.15, 0.2) is 0 Å². The molecule has 18 heavy (non-hydrogen) atoms. The van der Waals surface area contributed by atoms with E-state index in [-0.39, 0.29) is 0 Å². The third kappa shape index (κ3) is 2.88. The van der Waals surface area contributed by atoms with Gasteiger partial charge in [-0.1, -0.05) is 18.2 Å². The van der Waals surface area contributed by atoms with Gasteiger partial charge in [0.25, 0.3) is 0 Å². The van der Waals surface area contributed by atoms with Crippen LogP contribution in [-0.2, 0) is 0 Å². The number of urea groups is 1. The molecule has 4 N–H and O–H groups in total. The molecule has 0 saturated heterocycles. The molecule has 1 aromatic heterocycles. The van der Waals surface area contributed by atoms with Gasteiger partial charge in [0.1, 0.15) is 5.82 Å². The number of pyridine rings is 1. The Balaban J connectivity index is 2.08. The third-order valence-electron chi connectivity index (χ3n) is 2.63. The van der Waals surface area contributed by atoms with Crippen molar-refractivity contribution in [1.29, 1.82) is 0 Å². The molecule has 2 rings (SSSR count). The zero-order chi connectivity index (χ0) is 13.0. The molecule has 0 saturated carbocycles. The molecule has 0 spiro atoms. The highest BCUT2D eigenvalue weighted by Crippen LogP contribution is 2.19. The Kier molecular flexibility index (Phi) is 3.62. The number of nitrogens with zero attached hydrogens (tertiary/aromatic N) is 1. The predicted molar refractivity (Wildman–Crippen MR) is 72.6 cm³/mol. The topological polar surface area (TPSA) is 80.0 Å². The maximum Gasteiger partial charge on any atom is 0.312 e. The molecule has 1 heterocycles. The Hall–Kier alpha value is -2.30. The minimum Gasteiger partial charge on any atom is -0.368 e. The van der Waals surface area contributed by atoms with E-state index in [1.165, 1.54) is 0 Å². The molecule has 0 radical (unpaired) electrons. The first kappa shape index (κ1) is 12.2. The van der Waals surface area contributed by atoms with Gasteiger partial charge >= 0.3 is 6.03 Å². The predicted octanol–water partition coefficient (Wildman–Crippen LogP) is 1.62. The summed E-state index contributed by atoms with van der Waals surface area (Å²) in [5, 5.41) is 6.82. The minimum atomic E-state index is -0.514. The number of para-hydroxylation sites is 1. The van der Waals surface area contributed by atoms with Crippen molar-refractivity contribution >= 4 is 22.8 Å². The minimum absolute atomic E-state index is 0.475. The number of benzene rings is 1. The van der Waals surface area contributed by atoms with Gasteiger partial charge < -0.3 is 16.4 Å². The standard InChI is InChI=1S/C13H16N4O/c1-9-8-10-4-2-3-5-11(10)17-12(9)15-6-7-16-13(14)18/h2-5,8H,6-7H2,1H3,(H,15,17)(H3,14,16,18). The normalized spacial score (nSPS) is 10.3. The van der Waals surface area contributed by atoms with Crippen LogP contribution in [-0.4, -0.2) is 24.1 Å². The molecular formula is C13H16N4O. The van der Waals surface area contributed by atoms with Gasteiger partial charge in [0, 0.05) is 18.5 Å². The lowest BCUT2D eigenvalue weighted by molar-refractivity contribution is 0.249. The van der Waals surface area contributed by atoms with Crippen molar-refractivity contribution in [3.05, 3.63) is 35.9 Å². The van der Waals surface area contributed by atoms with E-state index in [0.29, 0.717) is 13.1 Å². The van der Waals surface area contributed by atoms with Gasteiger partial charge in [0.05, 0.1) is 5.52 Å². The molecule has 0 aliphatic carbocycles. The molecule has 0 unspecified atom stereocenters. The second-order valence-corrected chi connectivity index (χ2v) is 4.06. The lowest BCUT2D eigenvalue weighted by atomic mass is 10.1. The van der Waals surface area contributed by atoms with Crippen LogP contribution in [0.4, 0.5) is 10.6 Å². The van der Waals surface area contributed by atoms with Gasteiger partial charge in [-0.2, -0.15) is 0 Å². The quantitative estimate of drug-likeness (QED) is 0.715. The van der Waals surface area contributed by atoms with Crippen LogP contribution in [0.1, 0.15) is 5.56 Å². The van der Waals surface area contributed by atoms with Gasteiger partial charge in [-0.15, -0.1) is 0 Å². The number of amides is 2.